The first-order valence-corrected chi connectivity index (χ1v) is 11.2. The summed E-state index contributed by atoms with van der Waals surface area (Å²) >= 11 is 0. The quantitative estimate of drug-likeness (QED) is 0.432. The molecule has 3 aromatic carbocycles. The number of hydrogen-bond acceptors (Lipinski definition) is 5. The molecule has 0 bridgehead atoms. The van der Waals surface area contributed by atoms with E-state index >= 15 is 0 Å². The third-order valence-electron chi connectivity index (χ3n) is 5.97. The van der Waals surface area contributed by atoms with E-state index < -0.39 is 12.6 Å². The van der Waals surface area contributed by atoms with Crippen molar-refractivity contribution in [2.45, 2.75) is 19.4 Å². The standard InChI is InChI=1S/C27H23N3O4/c31-24(29-16-8-12-20-11-4-7-15-23(20)29)18-34-27(33)25-21-13-5-6-14-22(21)26(32)30(28-25)17-19-9-2-1-3-10-19/h1-7,9-11,13-15H,8,12,16-18H2. The Morgan fingerprint density at radius 1 is 0.882 bits per heavy atom. The fraction of sp³-hybridized carbons (Fsp3) is 0.185. The number of nitrogens with zero attached hydrogens (tertiary/aromatic N) is 3. The van der Waals surface area contributed by atoms with Crippen LogP contribution in [-0.2, 0) is 22.5 Å². The number of carbonyl (C=O) groups is 2. The molecular formula is C27H23N3O4. The van der Waals surface area contributed by atoms with Crippen molar-refractivity contribution in [2.24, 2.45) is 0 Å². The topological polar surface area (TPSA) is 81.5 Å². The number of hydrogen-bond donors (Lipinski definition) is 0. The maximum absolute atomic E-state index is 13.0. The third-order valence-corrected chi connectivity index (χ3v) is 5.97. The number of aryl methyl sites for hydroxylation is 1. The van der Waals surface area contributed by atoms with Gasteiger partial charge in [-0.2, -0.15) is 5.10 Å². The fourth-order valence-corrected chi connectivity index (χ4v) is 4.32. The zero-order chi connectivity index (χ0) is 23.5. The van der Waals surface area contributed by atoms with Gasteiger partial charge in [-0.3, -0.25) is 9.59 Å². The first kappa shape index (κ1) is 21.6. The molecule has 0 N–H and O–H groups in total. The number of aromatic nitrogens is 2. The number of esters is 1. The smallest absolute Gasteiger partial charge is 0.359 e. The average Bonchev–Trinajstić information content (AvgIpc) is 2.89. The molecule has 1 amide bonds. The molecule has 2 heterocycles. The lowest BCUT2D eigenvalue weighted by Gasteiger charge is -2.29. The van der Waals surface area contributed by atoms with Crippen molar-refractivity contribution >= 4 is 28.3 Å². The number of benzene rings is 3. The van der Waals surface area contributed by atoms with E-state index in [0.29, 0.717) is 17.3 Å². The molecule has 7 nitrogen and oxygen atoms in total. The molecule has 0 spiro atoms. The highest BCUT2D eigenvalue weighted by atomic mass is 16.5. The predicted octanol–water partition coefficient (Wildman–Crippen LogP) is 3.58. The Morgan fingerprint density at radius 2 is 1.59 bits per heavy atom. The molecule has 1 aliphatic rings. The molecule has 34 heavy (non-hydrogen) atoms. The van der Waals surface area contributed by atoms with Crippen LogP contribution in [0, 0.1) is 0 Å². The number of rotatable bonds is 5. The minimum absolute atomic E-state index is 0.0120. The maximum Gasteiger partial charge on any atom is 0.359 e. The second kappa shape index (κ2) is 9.31. The molecule has 0 radical (unpaired) electrons. The van der Waals surface area contributed by atoms with E-state index in [-0.39, 0.29) is 23.7 Å². The Labute approximate surface area is 196 Å². The van der Waals surface area contributed by atoms with Crippen LogP contribution < -0.4 is 10.5 Å². The number of anilines is 1. The van der Waals surface area contributed by atoms with Crippen LogP contribution in [0.3, 0.4) is 0 Å². The van der Waals surface area contributed by atoms with Gasteiger partial charge in [0.05, 0.1) is 11.9 Å². The second-order valence-corrected chi connectivity index (χ2v) is 8.20. The van der Waals surface area contributed by atoms with Crippen LogP contribution in [0.25, 0.3) is 10.8 Å². The third kappa shape index (κ3) is 4.20. The van der Waals surface area contributed by atoms with Crippen molar-refractivity contribution in [3.63, 3.8) is 0 Å². The number of carbonyl (C=O) groups excluding carboxylic acids is 2. The van der Waals surface area contributed by atoms with E-state index in [2.05, 4.69) is 5.10 Å². The summed E-state index contributed by atoms with van der Waals surface area (Å²) in [6.07, 6.45) is 1.77. The molecule has 0 saturated heterocycles. The van der Waals surface area contributed by atoms with Gasteiger partial charge in [0.1, 0.15) is 0 Å². The van der Waals surface area contributed by atoms with Crippen LogP contribution in [0.15, 0.2) is 83.7 Å². The van der Waals surface area contributed by atoms with Gasteiger partial charge in [0.25, 0.3) is 11.5 Å². The lowest BCUT2D eigenvalue weighted by Crippen LogP contribution is -2.38. The van der Waals surface area contributed by atoms with Crippen LogP contribution in [0.4, 0.5) is 5.69 Å². The Hall–Kier alpha value is -4.26. The molecule has 0 fully saturated rings. The van der Waals surface area contributed by atoms with Crippen LogP contribution in [-0.4, -0.2) is 34.8 Å². The van der Waals surface area contributed by atoms with Crippen molar-refractivity contribution in [3.8, 4) is 0 Å². The number of amides is 1. The normalized spacial score (nSPS) is 12.9. The number of ether oxygens (including phenoxy) is 1. The molecule has 4 aromatic rings. The first-order valence-electron chi connectivity index (χ1n) is 11.2. The molecule has 170 valence electrons. The van der Waals surface area contributed by atoms with E-state index in [9.17, 15) is 14.4 Å². The summed E-state index contributed by atoms with van der Waals surface area (Å²) in [6, 6.07) is 24.0. The van der Waals surface area contributed by atoms with Gasteiger partial charge in [-0.1, -0.05) is 66.7 Å². The summed E-state index contributed by atoms with van der Waals surface area (Å²) in [7, 11) is 0. The zero-order valence-corrected chi connectivity index (χ0v) is 18.5. The highest BCUT2D eigenvalue weighted by Gasteiger charge is 2.24. The Balaban J connectivity index is 1.40. The second-order valence-electron chi connectivity index (χ2n) is 8.20. The van der Waals surface area contributed by atoms with Crippen LogP contribution >= 0.6 is 0 Å². The van der Waals surface area contributed by atoms with E-state index in [1.54, 1.807) is 29.2 Å². The van der Waals surface area contributed by atoms with Gasteiger partial charge in [0, 0.05) is 17.6 Å². The van der Waals surface area contributed by atoms with Crippen molar-refractivity contribution in [3.05, 3.63) is 106 Å². The summed E-state index contributed by atoms with van der Waals surface area (Å²) in [5.74, 6) is -1.03. The lowest BCUT2D eigenvalue weighted by molar-refractivity contribution is -0.121. The number of fused-ring (bicyclic) bond motifs is 2. The van der Waals surface area contributed by atoms with Gasteiger partial charge >= 0.3 is 5.97 Å². The van der Waals surface area contributed by atoms with Gasteiger partial charge in [0.2, 0.25) is 0 Å². The molecule has 7 heteroatoms. The molecule has 5 rings (SSSR count). The summed E-state index contributed by atoms with van der Waals surface area (Å²) in [6.45, 7) is 0.395. The van der Waals surface area contributed by atoms with Crippen molar-refractivity contribution < 1.29 is 14.3 Å². The molecular weight excluding hydrogens is 430 g/mol. The maximum atomic E-state index is 13.0. The lowest BCUT2D eigenvalue weighted by atomic mass is 10.0. The van der Waals surface area contributed by atoms with Crippen molar-refractivity contribution in [2.75, 3.05) is 18.1 Å². The van der Waals surface area contributed by atoms with E-state index in [0.717, 1.165) is 29.7 Å². The minimum Gasteiger partial charge on any atom is -0.451 e. The van der Waals surface area contributed by atoms with Gasteiger partial charge in [-0.05, 0) is 36.1 Å². The summed E-state index contributed by atoms with van der Waals surface area (Å²) < 4.78 is 6.66. The SMILES string of the molecule is O=C(OCC(=O)N1CCCc2ccccc21)c1nn(Cc2ccccc2)c(=O)c2ccccc12. The monoisotopic (exact) mass is 453 g/mol. The zero-order valence-electron chi connectivity index (χ0n) is 18.5. The Morgan fingerprint density at radius 3 is 2.41 bits per heavy atom. The van der Waals surface area contributed by atoms with E-state index in [4.69, 9.17) is 4.74 Å². The van der Waals surface area contributed by atoms with Crippen molar-refractivity contribution in [1.82, 2.24) is 9.78 Å². The van der Waals surface area contributed by atoms with Crippen LogP contribution in [0.2, 0.25) is 0 Å². The first-order chi connectivity index (χ1) is 16.6. The largest absolute Gasteiger partial charge is 0.451 e. The summed E-state index contributed by atoms with van der Waals surface area (Å²) in [5, 5.41) is 5.10. The Kier molecular flexibility index (Phi) is 5.91. The van der Waals surface area contributed by atoms with E-state index in [1.807, 2.05) is 54.6 Å². The average molecular weight is 453 g/mol. The molecule has 0 saturated carbocycles. The predicted molar refractivity (Wildman–Crippen MR) is 129 cm³/mol. The highest BCUT2D eigenvalue weighted by molar-refractivity contribution is 6.03. The Bertz CT molecular complexity index is 1430. The van der Waals surface area contributed by atoms with Gasteiger partial charge in [0.15, 0.2) is 12.3 Å². The van der Waals surface area contributed by atoms with Crippen LogP contribution in [0.1, 0.15) is 28.0 Å². The minimum atomic E-state index is -0.739. The summed E-state index contributed by atoms with van der Waals surface area (Å²) in [4.78, 5) is 40.6. The molecule has 0 atom stereocenters. The highest BCUT2D eigenvalue weighted by Crippen LogP contribution is 2.26. The molecule has 1 aliphatic heterocycles. The van der Waals surface area contributed by atoms with Crippen LogP contribution in [0.5, 0.6) is 0 Å². The van der Waals surface area contributed by atoms with Gasteiger partial charge in [-0.15, -0.1) is 0 Å². The molecule has 0 aliphatic carbocycles. The van der Waals surface area contributed by atoms with Crippen molar-refractivity contribution in [1.29, 1.82) is 0 Å². The number of para-hydroxylation sites is 1. The van der Waals surface area contributed by atoms with E-state index in [1.165, 1.54) is 4.68 Å². The molecule has 0 unspecified atom stereocenters. The van der Waals surface area contributed by atoms with Gasteiger partial charge in [-0.25, -0.2) is 9.48 Å². The van der Waals surface area contributed by atoms with Gasteiger partial charge < -0.3 is 9.64 Å². The summed E-state index contributed by atoms with van der Waals surface area (Å²) in [5.41, 5.74) is 2.56. The fourth-order valence-electron chi connectivity index (χ4n) is 4.32. The molecule has 1 aromatic heterocycles.